The Hall–Kier alpha value is -3.60. The quantitative estimate of drug-likeness (QED) is 0.351. The van der Waals surface area contributed by atoms with Gasteiger partial charge in [-0.2, -0.15) is 0 Å². The molecule has 0 atom stereocenters. The highest BCUT2D eigenvalue weighted by atomic mass is 79.9. The zero-order valence-electron chi connectivity index (χ0n) is 15.5. The van der Waals surface area contributed by atoms with Crippen LogP contribution in [-0.2, 0) is 20.9 Å². The number of furan rings is 1. The number of esters is 1. The van der Waals surface area contributed by atoms with Gasteiger partial charge in [0.1, 0.15) is 17.2 Å². The average Bonchev–Trinajstić information content (AvgIpc) is 3.27. The number of imide groups is 1. The van der Waals surface area contributed by atoms with E-state index >= 15 is 0 Å². The molecule has 1 saturated heterocycles. The molecule has 11 heteroatoms. The van der Waals surface area contributed by atoms with Crippen molar-refractivity contribution in [1.29, 1.82) is 0 Å². The molecule has 1 aliphatic rings. The molecule has 3 rings (SSSR count). The first-order valence-corrected chi connectivity index (χ1v) is 9.23. The minimum Gasteiger partial charge on any atom is -0.481 e. The molecule has 1 aromatic heterocycles. The van der Waals surface area contributed by atoms with E-state index in [4.69, 9.17) is 14.3 Å². The number of nitrogens with one attached hydrogen (secondary N) is 1. The van der Waals surface area contributed by atoms with Gasteiger partial charge >= 0.3 is 18.0 Å². The van der Waals surface area contributed by atoms with Gasteiger partial charge in [-0.05, 0) is 36.4 Å². The fourth-order valence-electron chi connectivity index (χ4n) is 2.60. The van der Waals surface area contributed by atoms with Crippen LogP contribution < -0.4 is 10.1 Å². The van der Waals surface area contributed by atoms with Crippen molar-refractivity contribution in [3.63, 3.8) is 0 Å². The van der Waals surface area contributed by atoms with Gasteiger partial charge in [0.25, 0.3) is 5.91 Å². The van der Waals surface area contributed by atoms with E-state index < -0.39 is 30.5 Å². The molecular weight excluding hydrogens is 464 g/mol. The Kier molecular flexibility index (Phi) is 6.21. The van der Waals surface area contributed by atoms with E-state index in [-0.39, 0.29) is 29.5 Å². The van der Waals surface area contributed by atoms with E-state index in [9.17, 15) is 19.2 Å². The minimum absolute atomic E-state index is 0.0296. The molecular formula is C19H15BrN2O8. The van der Waals surface area contributed by atoms with Crippen LogP contribution in [0.25, 0.3) is 6.08 Å². The van der Waals surface area contributed by atoms with Crippen molar-refractivity contribution in [2.45, 2.75) is 6.54 Å². The van der Waals surface area contributed by atoms with Gasteiger partial charge in [0.2, 0.25) is 5.76 Å². The number of carbonyl (C=O) groups is 4. The maximum absolute atomic E-state index is 12.7. The normalized spacial score (nSPS) is 14.7. The first-order valence-electron chi connectivity index (χ1n) is 8.44. The number of nitrogens with zero attached hydrogens (tertiary/aromatic N) is 1. The van der Waals surface area contributed by atoms with Gasteiger partial charge in [-0.15, -0.1) is 0 Å². The Bertz CT molecular complexity index is 1060. The van der Waals surface area contributed by atoms with Gasteiger partial charge in [-0.1, -0.05) is 15.9 Å². The van der Waals surface area contributed by atoms with Crippen LogP contribution in [0, 0.1) is 0 Å². The van der Waals surface area contributed by atoms with Crippen LogP contribution in [-0.4, -0.2) is 47.6 Å². The molecule has 10 nitrogen and oxygen atoms in total. The molecule has 0 spiro atoms. The van der Waals surface area contributed by atoms with Crippen LogP contribution in [0.5, 0.6) is 5.75 Å². The van der Waals surface area contributed by atoms with Crippen LogP contribution in [0.2, 0.25) is 0 Å². The summed E-state index contributed by atoms with van der Waals surface area (Å²) in [6.45, 7) is -0.759. The molecule has 156 valence electrons. The maximum atomic E-state index is 12.7. The molecule has 0 unspecified atom stereocenters. The SMILES string of the molecule is COC(=O)c1ccc(CN2C(=O)NC(=Cc3cc(Br)ccc3OCC(=O)O)C2=O)o1. The van der Waals surface area contributed by atoms with Crippen LogP contribution in [0.3, 0.4) is 0 Å². The fourth-order valence-corrected chi connectivity index (χ4v) is 2.98. The third-order valence-electron chi connectivity index (χ3n) is 3.95. The lowest BCUT2D eigenvalue weighted by Gasteiger charge is -2.09. The van der Waals surface area contributed by atoms with E-state index in [1.165, 1.54) is 31.4 Å². The van der Waals surface area contributed by atoms with Gasteiger partial charge < -0.3 is 24.3 Å². The molecule has 1 aromatic carbocycles. The van der Waals surface area contributed by atoms with Gasteiger partial charge in [0.15, 0.2) is 6.61 Å². The molecule has 1 aliphatic heterocycles. The molecule has 0 aliphatic carbocycles. The van der Waals surface area contributed by atoms with Crippen molar-refractivity contribution in [2.75, 3.05) is 13.7 Å². The summed E-state index contributed by atoms with van der Waals surface area (Å²) < 4.78 is 15.7. The smallest absolute Gasteiger partial charge is 0.373 e. The Morgan fingerprint density at radius 1 is 1.27 bits per heavy atom. The van der Waals surface area contributed by atoms with Crippen LogP contribution in [0.1, 0.15) is 21.9 Å². The van der Waals surface area contributed by atoms with E-state index in [0.29, 0.717) is 10.0 Å². The lowest BCUT2D eigenvalue weighted by Crippen LogP contribution is -2.30. The second kappa shape index (κ2) is 8.82. The number of ether oxygens (including phenoxy) is 2. The van der Waals surface area contributed by atoms with Gasteiger partial charge in [-0.25, -0.2) is 14.4 Å². The molecule has 30 heavy (non-hydrogen) atoms. The molecule has 2 N–H and O–H groups in total. The number of urea groups is 1. The predicted molar refractivity (Wildman–Crippen MR) is 104 cm³/mol. The fraction of sp³-hybridized carbons (Fsp3) is 0.158. The van der Waals surface area contributed by atoms with Gasteiger partial charge in [-0.3, -0.25) is 9.69 Å². The predicted octanol–water partition coefficient (Wildman–Crippen LogP) is 2.38. The number of halogens is 1. The summed E-state index contributed by atoms with van der Waals surface area (Å²) in [6.07, 6.45) is 1.38. The van der Waals surface area contributed by atoms with E-state index in [1.54, 1.807) is 12.1 Å². The van der Waals surface area contributed by atoms with E-state index in [1.807, 2.05) is 0 Å². The highest BCUT2D eigenvalue weighted by Gasteiger charge is 2.34. The lowest BCUT2D eigenvalue weighted by atomic mass is 10.1. The highest BCUT2D eigenvalue weighted by Crippen LogP contribution is 2.27. The molecule has 0 saturated carbocycles. The molecule has 1 fully saturated rings. The zero-order chi connectivity index (χ0) is 21.8. The summed E-state index contributed by atoms with van der Waals surface area (Å²) >= 11 is 3.29. The van der Waals surface area contributed by atoms with Crippen molar-refractivity contribution in [2.24, 2.45) is 0 Å². The number of carbonyl (C=O) groups excluding carboxylic acids is 3. The third-order valence-corrected chi connectivity index (χ3v) is 4.44. The Morgan fingerprint density at radius 2 is 2.03 bits per heavy atom. The van der Waals surface area contributed by atoms with E-state index in [2.05, 4.69) is 26.0 Å². The lowest BCUT2D eigenvalue weighted by molar-refractivity contribution is -0.139. The number of rotatable bonds is 7. The standard InChI is InChI=1S/C19H15BrN2O8/c1-28-18(26)15-5-3-12(30-15)8-22-17(25)13(21-19(22)27)7-10-6-11(20)2-4-14(10)29-9-16(23)24/h2-7H,8-9H2,1H3,(H,21,27)(H,23,24). The monoisotopic (exact) mass is 478 g/mol. The number of amides is 3. The second-order valence-corrected chi connectivity index (χ2v) is 6.92. The van der Waals surface area contributed by atoms with Crippen molar-refractivity contribution in [3.8, 4) is 5.75 Å². The summed E-state index contributed by atoms with van der Waals surface area (Å²) in [7, 11) is 1.20. The average molecular weight is 479 g/mol. The maximum Gasteiger partial charge on any atom is 0.373 e. The molecule has 2 aromatic rings. The van der Waals surface area contributed by atoms with Crippen molar-refractivity contribution in [1.82, 2.24) is 10.2 Å². The molecule has 2 heterocycles. The zero-order valence-corrected chi connectivity index (χ0v) is 17.1. The summed E-state index contributed by atoms with van der Waals surface area (Å²) in [5, 5.41) is 11.3. The number of carboxylic acids is 1. The Morgan fingerprint density at radius 3 is 2.73 bits per heavy atom. The van der Waals surface area contributed by atoms with Gasteiger partial charge in [0.05, 0.1) is 13.7 Å². The molecule has 3 amide bonds. The number of hydrogen-bond donors (Lipinski definition) is 2. The Labute approximate surface area is 178 Å². The number of carboxylic acid groups (broad SMARTS) is 1. The topological polar surface area (TPSA) is 135 Å². The summed E-state index contributed by atoms with van der Waals surface area (Å²) in [4.78, 5) is 48.1. The number of hydrogen-bond acceptors (Lipinski definition) is 7. The van der Waals surface area contributed by atoms with Crippen LogP contribution in [0.4, 0.5) is 4.79 Å². The minimum atomic E-state index is -1.15. The van der Waals surface area contributed by atoms with Crippen molar-refractivity contribution >= 4 is 45.9 Å². The summed E-state index contributed by atoms with van der Waals surface area (Å²) in [6, 6.07) is 6.96. The largest absolute Gasteiger partial charge is 0.481 e. The number of benzene rings is 1. The Balaban J connectivity index is 1.81. The van der Waals surface area contributed by atoms with Crippen molar-refractivity contribution in [3.05, 3.63) is 57.6 Å². The summed E-state index contributed by atoms with van der Waals surface area (Å²) in [5.74, 6) is -2.07. The van der Waals surface area contributed by atoms with Crippen molar-refractivity contribution < 1.29 is 38.2 Å². The van der Waals surface area contributed by atoms with Gasteiger partial charge in [0, 0.05) is 10.0 Å². The molecule has 0 radical (unpaired) electrons. The third kappa shape index (κ3) is 4.69. The first-order chi connectivity index (χ1) is 14.3. The first kappa shape index (κ1) is 21.1. The second-order valence-electron chi connectivity index (χ2n) is 6.00. The van der Waals surface area contributed by atoms with Crippen LogP contribution >= 0.6 is 15.9 Å². The summed E-state index contributed by atoms with van der Waals surface area (Å²) in [5.41, 5.74) is 0.361. The molecule has 0 bridgehead atoms. The number of aliphatic carboxylic acids is 1. The van der Waals surface area contributed by atoms with E-state index in [0.717, 1.165) is 4.90 Å². The highest BCUT2D eigenvalue weighted by molar-refractivity contribution is 9.10. The van der Waals surface area contributed by atoms with Crippen LogP contribution in [0.15, 0.2) is 44.9 Å². The number of methoxy groups -OCH3 is 1.